The van der Waals surface area contributed by atoms with Crippen LogP contribution in [0.3, 0.4) is 0 Å². The molecule has 2 aromatic rings. The van der Waals surface area contributed by atoms with Crippen molar-refractivity contribution in [3.05, 3.63) is 70.3 Å². The van der Waals surface area contributed by atoms with Crippen LogP contribution in [0.4, 0.5) is 0 Å². The van der Waals surface area contributed by atoms with E-state index in [1.54, 1.807) is 12.1 Å². The maximum atomic E-state index is 9.43. The molecular formula is C18H16N2. The Kier molecular flexibility index (Phi) is 4.18. The Bertz CT molecular complexity index is 702. The normalized spacial score (nSPS) is 11.4. The molecule has 20 heavy (non-hydrogen) atoms. The molecule has 2 heteroatoms. The van der Waals surface area contributed by atoms with Gasteiger partial charge >= 0.3 is 0 Å². The monoisotopic (exact) mass is 260 g/mol. The fourth-order valence-corrected chi connectivity index (χ4v) is 2.30. The molecule has 0 aliphatic rings. The van der Waals surface area contributed by atoms with Crippen LogP contribution in [0, 0.1) is 36.5 Å². The molecule has 98 valence electrons. The van der Waals surface area contributed by atoms with E-state index in [1.165, 1.54) is 16.7 Å². The van der Waals surface area contributed by atoms with Gasteiger partial charge in [-0.1, -0.05) is 35.9 Å². The van der Waals surface area contributed by atoms with Crippen LogP contribution in [0.25, 0.3) is 0 Å². The lowest BCUT2D eigenvalue weighted by molar-refractivity contribution is 0.841. The quantitative estimate of drug-likeness (QED) is 0.836. The summed E-state index contributed by atoms with van der Waals surface area (Å²) in [5.41, 5.74) is 5.11. The first-order chi connectivity index (χ1) is 9.63. The summed E-state index contributed by atoms with van der Waals surface area (Å²) in [6.07, 6.45) is 0.679. The van der Waals surface area contributed by atoms with Gasteiger partial charge in [-0.2, -0.15) is 10.5 Å². The van der Waals surface area contributed by atoms with Crippen molar-refractivity contribution in [1.82, 2.24) is 0 Å². The second kappa shape index (κ2) is 6.04. The molecule has 0 fully saturated rings. The largest absolute Gasteiger partial charge is 0.198 e. The number of nitrogens with zero attached hydrogens (tertiary/aromatic N) is 2. The molecule has 0 aliphatic heterocycles. The van der Waals surface area contributed by atoms with E-state index in [2.05, 4.69) is 44.2 Å². The molecule has 0 bridgehead atoms. The highest BCUT2D eigenvalue weighted by atomic mass is 14.3. The summed E-state index contributed by atoms with van der Waals surface area (Å²) in [7, 11) is 0. The Labute approximate surface area is 119 Å². The van der Waals surface area contributed by atoms with Gasteiger partial charge in [-0.3, -0.25) is 0 Å². The Balaban J connectivity index is 2.32. The highest BCUT2D eigenvalue weighted by molar-refractivity contribution is 5.39. The van der Waals surface area contributed by atoms with E-state index in [0.717, 1.165) is 5.56 Å². The molecule has 0 spiro atoms. The van der Waals surface area contributed by atoms with Gasteiger partial charge in [0, 0.05) is 0 Å². The van der Waals surface area contributed by atoms with Crippen LogP contribution in [-0.2, 0) is 6.42 Å². The van der Waals surface area contributed by atoms with Gasteiger partial charge in [-0.15, -0.1) is 0 Å². The zero-order valence-corrected chi connectivity index (χ0v) is 11.7. The predicted molar refractivity (Wildman–Crippen MR) is 79.1 cm³/mol. The molecule has 0 saturated carbocycles. The Morgan fingerprint density at radius 1 is 1.05 bits per heavy atom. The van der Waals surface area contributed by atoms with E-state index in [0.29, 0.717) is 12.0 Å². The fraction of sp³-hybridized carbons (Fsp3) is 0.222. The summed E-state index contributed by atoms with van der Waals surface area (Å²) in [5.74, 6) is -0.219. The predicted octanol–water partition coefficient (Wildman–Crippen LogP) is 4.03. The van der Waals surface area contributed by atoms with E-state index in [4.69, 9.17) is 5.26 Å². The summed E-state index contributed by atoms with van der Waals surface area (Å²) in [6, 6.07) is 18.1. The average molecular weight is 260 g/mol. The molecular weight excluding hydrogens is 244 g/mol. The first-order valence-electron chi connectivity index (χ1n) is 6.60. The van der Waals surface area contributed by atoms with Gasteiger partial charge in [0.15, 0.2) is 0 Å². The number of aryl methyl sites for hydroxylation is 2. The van der Waals surface area contributed by atoms with Crippen molar-refractivity contribution in [3.8, 4) is 12.1 Å². The lowest BCUT2D eigenvalue weighted by Crippen LogP contribution is -2.03. The highest BCUT2D eigenvalue weighted by Crippen LogP contribution is 2.23. The van der Waals surface area contributed by atoms with Gasteiger partial charge in [0.2, 0.25) is 0 Å². The Hall–Kier alpha value is -2.58. The molecule has 0 aromatic heterocycles. The number of nitriles is 2. The number of hydrogen-bond acceptors (Lipinski definition) is 2. The van der Waals surface area contributed by atoms with Crippen LogP contribution in [0.5, 0.6) is 0 Å². The molecule has 2 rings (SSSR count). The maximum absolute atomic E-state index is 9.43. The van der Waals surface area contributed by atoms with Crippen LogP contribution in [0.15, 0.2) is 42.5 Å². The molecule has 2 nitrogen and oxygen atoms in total. The van der Waals surface area contributed by atoms with Crippen molar-refractivity contribution >= 4 is 0 Å². The first kappa shape index (κ1) is 13.8. The third-order valence-corrected chi connectivity index (χ3v) is 3.50. The number of benzene rings is 2. The van der Waals surface area contributed by atoms with Crippen molar-refractivity contribution in [2.24, 2.45) is 0 Å². The zero-order chi connectivity index (χ0) is 14.5. The zero-order valence-electron chi connectivity index (χ0n) is 11.7. The molecule has 0 amide bonds. The van der Waals surface area contributed by atoms with Crippen molar-refractivity contribution in [3.63, 3.8) is 0 Å². The molecule has 0 N–H and O–H groups in total. The third-order valence-electron chi connectivity index (χ3n) is 3.50. The highest BCUT2D eigenvalue weighted by Gasteiger charge is 2.13. The van der Waals surface area contributed by atoms with Gasteiger partial charge < -0.3 is 0 Å². The van der Waals surface area contributed by atoms with Crippen LogP contribution in [0.1, 0.15) is 33.7 Å². The average Bonchev–Trinajstić information content (AvgIpc) is 2.48. The third kappa shape index (κ3) is 3.05. The molecule has 0 heterocycles. The second-order valence-corrected chi connectivity index (χ2v) is 5.05. The van der Waals surface area contributed by atoms with Crippen molar-refractivity contribution < 1.29 is 0 Å². The van der Waals surface area contributed by atoms with Crippen molar-refractivity contribution in [2.75, 3.05) is 0 Å². The Morgan fingerprint density at radius 2 is 1.85 bits per heavy atom. The van der Waals surface area contributed by atoms with Gasteiger partial charge in [0.1, 0.15) is 0 Å². The van der Waals surface area contributed by atoms with Crippen LogP contribution < -0.4 is 0 Å². The minimum absolute atomic E-state index is 0.219. The minimum Gasteiger partial charge on any atom is -0.198 e. The molecule has 0 saturated heterocycles. The van der Waals surface area contributed by atoms with Crippen LogP contribution in [0.2, 0.25) is 0 Å². The number of rotatable bonds is 3. The summed E-state index contributed by atoms with van der Waals surface area (Å²) < 4.78 is 0. The van der Waals surface area contributed by atoms with Gasteiger partial charge in [-0.25, -0.2) is 0 Å². The molecule has 2 aromatic carbocycles. The molecule has 0 radical (unpaired) electrons. The van der Waals surface area contributed by atoms with Crippen LogP contribution in [-0.4, -0.2) is 0 Å². The standard InChI is InChI=1S/C18H16N2/c1-13-6-7-14(2)17(8-13)10-18(12-20)16-5-3-4-15(9-16)11-19/h3-9,18H,10H2,1-2H3. The fourth-order valence-electron chi connectivity index (χ4n) is 2.30. The van der Waals surface area contributed by atoms with Crippen LogP contribution >= 0.6 is 0 Å². The summed E-state index contributed by atoms with van der Waals surface area (Å²) in [4.78, 5) is 0. The van der Waals surface area contributed by atoms with Gasteiger partial charge in [-0.05, 0) is 49.1 Å². The lowest BCUT2D eigenvalue weighted by atomic mass is 9.90. The minimum atomic E-state index is -0.219. The van der Waals surface area contributed by atoms with Crippen molar-refractivity contribution in [1.29, 1.82) is 10.5 Å². The summed E-state index contributed by atoms with van der Waals surface area (Å²) in [6.45, 7) is 4.12. The smallest absolute Gasteiger partial charge is 0.0991 e. The second-order valence-electron chi connectivity index (χ2n) is 5.05. The van der Waals surface area contributed by atoms with E-state index in [9.17, 15) is 5.26 Å². The van der Waals surface area contributed by atoms with E-state index < -0.39 is 0 Å². The van der Waals surface area contributed by atoms with E-state index >= 15 is 0 Å². The summed E-state index contributed by atoms with van der Waals surface area (Å²) in [5, 5.41) is 18.4. The number of hydrogen-bond donors (Lipinski definition) is 0. The van der Waals surface area contributed by atoms with E-state index in [-0.39, 0.29) is 5.92 Å². The SMILES string of the molecule is Cc1ccc(C)c(CC(C#N)c2cccc(C#N)c2)c1. The Morgan fingerprint density at radius 3 is 2.55 bits per heavy atom. The molecule has 1 unspecified atom stereocenters. The van der Waals surface area contributed by atoms with Crippen molar-refractivity contribution in [2.45, 2.75) is 26.2 Å². The topological polar surface area (TPSA) is 47.6 Å². The summed E-state index contributed by atoms with van der Waals surface area (Å²) >= 11 is 0. The molecule has 1 atom stereocenters. The maximum Gasteiger partial charge on any atom is 0.0991 e. The first-order valence-corrected chi connectivity index (χ1v) is 6.60. The lowest BCUT2D eigenvalue weighted by Gasteiger charge is -2.12. The van der Waals surface area contributed by atoms with Gasteiger partial charge in [0.05, 0.1) is 23.6 Å². The van der Waals surface area contributed by atoms with Gasteiger partial charge in [0.25, 0.3) is 0 Å². The molecule has 0 aliphatic carbocycles. The van der Waals surface area contributed by atoms with E-state index in [1.807, 2.05) is 12.1 Å².